The number of halogens is 2. The first kappa shape index (κ1) is 30.6. The number of hydrogen-bond donors (Lipinski definition) is 0. The quantitative estimate of drug-likeness (QED) is 0.162. The van der Waals surface area contributed by atoms with Crippen molar-refractivity contribution in [2.75, 3.05) is 0 Å². The molecule has 0 radical (unpaired) electrons. The van der Waals surface area contributed by atoms with Crippen LogP contribution in [0.1, 0.15) is 0 Å². The van der Waals surface area contributed by atoms with E-state index < -0.39 is 0 Å². The van der Waals surface area contributed by atoms with Crippen LogP contribution in [0, 0.1) is 11.6 Å². The van der Waals surface area contributed by atoms with Gasteiger partial charge in [-0.3, -0.25) is 0 Å². The summed E-state index contributed by atoms with van der Waals surface area (Å²) in [5.41, 5.74) is 10.4. The van der Waals surface area contributed by atoms with E-state index in [0.29, 0.717) is 0 Å². The van der Waals surface area contributed by atoms with Gasteiger partial charge >= 0.3 is 0 Å². The van der Waals surface area contributed by atoms with E-state index >= 15 is 0 Å². The zero-order valence-corrected chi connectivity index (χ0v) is 29.0. The van der Waals surface area contributed by atoms with Gasteiger partial charge in [-0.1, -0.05) is 109 Å². The number of aromatic nitrogens is 2. The number of rotatable bonds is 4. The molecule has 54 heavy (non-hydrogen) atoms. The smallest absolute Gasteiger partial charge is 0.123 e. The van der Waals surface area contributed by atoms with E-state index in [1.807, 2.05) is 24.3 Å². The van der Waals surface area contributed by atoms with Crippen molar-refractivity contribution >= 4 is 65.2 Å². The minimum atomic E-state index is -0.282. The molecule has 2 aromatic heterocycles. The van der Waals surface area contributed by atoms with E-state index in [1.54, 1.807) is 0 Å². The van der Waals surface area contributed by atoms with Crippen LogP contribution in [-0.4, -0.2) is 9.13 Å². The van der Waals surface area contributed by atoms with Crippen molar-refractivity contribution in [3.05, 3.63) is 194 Å². The summed E-state index contributed by atoms with van der Waals surface area (Å²) in [6.07, 6.45) is 0. The standard InChI is InChI=1S/C50H30F2N2/c51-33-21-17-31(18-22-33)49-42-28-26-36(54-47-15-7-3-11-39(47)40-12-4-8-16-48(40)54)30-44(42)50(32-19-23-34(52)24-20-32)41-27-25-35(29-43(41)49)53-45-13-5-1-9-37(45)38-10-2-6-14-46(38)53/h1-30H. The average molecular weight is 697 g/mol. The molecule has 0 N–H and O–H groups in total. The summed E-state index contributed by atoms with van der Waals surface area (Å²) in [5.74, 6) is -0.565. The predicted molar refractivity (Wildman–Crippen MR) is 221 cm³/mol. The maximum absolute atomic E-state index is 14.5. The van der Waals surface area contributed by atoms with Gasteiger partial charge in [-0.15, -0.1) is 0 Å². The van der Waals surface area contributed by atoms with Gasteiger partial charge in [0, 0.05) is 32.9 Å². The van der Waals surface area contributed by atoms with Crippen molar-refractivity contribution in [3.8, 4) is 33.6 Å². The lowest BCUT2D eigenvalue weighted by atomic mass is 9.85. The third-order valence-electron chi connectivity index (χ3n) is 11.0. The second-order valence-corrected chi connectivity index (χ2v) is 14.0. The van der Waals surface area contributed by atoms with Gasteiger partial charge in [-0.25, -0.2) is 8.78 Å². The SMILES string of the molecule is Fc1ccc(-c2c3ccc(-n4c5ccccc5c5ccccc54)cc3c(-c3ccc(F)cc3)c3ccc(-n4c5ccccc5c5ccccc54)cc23)cc1. The number of benzene rings is 9. The number of para-hydroxylation sites is 4. The Bertz CT molecular complexity index is 2950. The van der Waals surface area contributed by atoms with Crippen LogP contribution < -0.4 is 0 Å². The summed E-state index contributed by atoms with van der Waals surface area (Å²) in [5, 5.41) is 8.86. The van der Waals surface area contributed by atoms with Crippen molar-refractivity contribution < 1.29 is 8.78 Å². The first-order chi connectivity index (χ1) is 26.6. The Morgan fingerprint density at radius 2 is 0.593 bits per heavy atom. The Morgan fingerprint density at radius 3 is 0.926 bits per heavy atom. The van der Waals surface area contributed by atoms with Crippen LogP contribution in [0.5, 0.6) is 0 Å². The molecule has 0 fully saturated rings. The maximum atomic E-state index is 14.5. The van der Waals surface area contributed by atoms with Gasteiger partial charge in [0.2, 0.25) is 0 Å². The largest absolute Gasteiger partial charge is 0.309 e. The zero-order chi connectivity index (χ0) is 35.9. The lowest BCUT2D eigenvalue weighted by molar-refractivity contribution is 0.627. The van der Waals surface area contributed by atoms with Crippen LogP contribution in [0.2, 0.25) is 0 Å². The molecule has 2 nitrogen and oxygen atoms in total. The Labute approximate surface area is 309 Å². The van der Waals surface area contributed by atoms with Crippen LogP contribution in [0.25, 0.3) is 98.8 Å². The van der Waals surface area contributed by atoms with E-state index in [2.05, 4.69) is 143 Å². The average Bonchev–Trinajstić information content (AvgIpc) is 3.74. The van der Waals surface area contributed by atoms with Crippen molar-refractivity contribution in [2.24, 2.45) is 0 Å². The molecule has 0 spiro atoms. The topological polar surface area (TPSA) is 9.86 Å². The summed E-state index contributed by atoms with van der Waals surface area (Å²) in [4.78, 5) is 0. The molecule has 2 heterocycles. The van der Waals surface area contributed by atoms with Crippen LogP contribution >= 0.6 is 0 Å². The van der Waals surface area contributed by atoms with Gasteiger partial charge in [0.15, 0.2) is 0 Å². The molecule has 0 saturated carbocycles. The highest BCUT2D eigenvalue weighted by Crippen LogP contribution is 2.46. The molecule has 254 valence electrons. The van der Waals surface area contributed by atoms with Crippen molar-refractivity contribution in [3.63, 3.8) is 0 Å². The van der Waals surface area contributed by atoms with E-state index in [1.165, 1.54) is 45.8 Å². The fourth-order valence-electron chi connectivity index (χ4n) is 8.74. The molecular formula is C50H30F2N2. The van der Waals surface area contributed by atoms with Crippen molar-refractivity contribution in [1.82, 2.24) is 9.13 Å². The molecule has 0 unspecified atom stereocenters. The van der Waals surface area contributed by atoms with Gasteiger partial charge < -0.3 is 9.13 Å². The Kier molecular flexibility index (Phi) is 6.65. The first-order valence-corrected chi connectivity index (χ1v) is 18.1. The molecule has 11 rings (SSSR count). The van der Waals surface area contributed by atoms with Gasteiger partial charge in [0.05, 0.1) is 22.1 Å². The summed E-state index contributed by atoms with van der Waals surface area (Å²) in [7, 11) is 0. The van der Waals surface area contributed by atoms with E-state index in [9.17, 15) is 8.78 Å². The number of nitrogens with zero attached hydrogens (tertiary/aromatic N) is 2. The molecule has 9 aromatic carbocycles. The monoisotopic (exact) mass is 696 g/mol. The highest BCUT2D eigenvalue weighted by molar-refractivity contribution is 6.22. The lowest BCUT2D eigenvalue weighted by Crippen LogP contribution is -1.98. The highest BCUT2D eigenvalue weighted by Gasteiger charge is 2.21. The molecule has 0 aliphatic heterocycles. The molecule has 11 aromatic rings. The van der Waals surface area contributed by atoms with Crippen LogP contribution in [0.4, 0.5) is 8.78 Å². The Hall–Kier alpha value is -7.04. The first-order valence-electron chi connectivity index (χ1n) is 18.1. The zero-order valence-electron chi connectivity index (χ0n) is 29.0. The van der Waals surface area contributed by atoms with Gasteiger partial charge in [0.25, 0.3) is 0 Å². The van der Waals surface area contributed by atoms with E-state index in [4.69, 9.17) is 0 Å². The lowest BCUT2D eigenvalue weighted by Gasteiger charge is -2.20. The number of hydrogen-bond acceptors (Lipinski definition) is 0. The second-order valence-electron chi connectivity index (χ2n) is 14.0. The second kappa shape index (κ2) is 11.7. The molecule has 0 amide bonds. The van der Waals surface area contributed by atoms with Gasteiger partial charge in [-0.2, -0.15) is 0 Å². The van der Waals surface area contributed by atoms with Crippen LogP contribution in [0.3, 0.4) is 0 Å². The van der Waals surface area contributed by atoms with E-state index in [0.717, 1.165) is 77.2 Å². The fraction of sp³-hybridized carbons (Fsp3) is 0. The van der Waals surface area contributed by atoms with Crippen LogP contribution in [0.15, 0.2) is 182 Å². The molecular weight excluding hydrogens is 667 g/mol. The third kappa shape index (κ3) is 4.50. The van der Waals surface area contributed by atoms with Gasteiger partial charge in [0.1, 0.15) is 11.6 Å². The van der Waals surface area contributed by atoms with E-state index in [-0.39, 0.29) is 11.6 Å². The number of fused-ring (bicyclic) bond motifs is 8. The predicted octanol–water partition coefficient (Wildman–Crippen LogP) is 13.8. The fourth-order valence-corrected chi connectivity index (χ4v) is 8.74. The van der Waals surface area contributed by atoms with Crippen LogP contribution in [-0.2, 0) is 0 Å². The van der Waals surface area contributed by atoms with Gasteiger partial charge in [-0.05, 0) is 117 Å². The summed E-state index contributed by atoms with van der Waals surface area (Å²) >= 11 is 0. The molecule has 0 aliphatic rings. The summed E-state index contributed by atoms with van der Waals surface area (Å²) in [6, 6.07) is 60.9. The minimum absolute atomic E-state index is 0.282. The van der Waals surface area contributed by atoms with Crippen molar-refractivity contribution in [2.45, 2.75) is 0 Å². The maximum Gasteiger partial charge on any atom is 0.123 e. The molecule has 0 saturated heterocycles. The Morgan fingerprint density at radius 1 is 0.278 bits per heavy atom. The third-order valence-corrected chi connectivity index (χ3v) is 11.0. The summed E-state index contributed by atoms with van der Waals surface area (Å²) < 4.78 is 33.7. The highest BCUT2D eigenvalue weighted by atomic mass is 19.1. The molecule has 4 heteroatoms. The Balaban J connectivity index is 1.29. The molecule has 0 aliphatic carbocycles. The molecule has 0 bridgehead atoms. The molecule has 0 atom stereocenters. The van der Waals surface area contributed by atoms with Crippen molar-refractivity contribution in [1.29, 1.82) is 0 Å². The minimum Gasteiger partial charge on any atom is -0.309 e. The normalized spacial score (nSPS) is 11.9. The summed E-state index contributed by atoms with van der Waals surface area (Å²) in [6.45, 7) is 0.